The molecule has 0 saturated carbocycles. The van der Waals surface area contributed by atoms with E-state index in [4.69, 9.17) is 9.72 Å². The molecular formula is C28H29N5O2. The monoisotopic (exact) mass is 467 g/mol. The molecule has 4 aromatic rings. The van der Waals surface area contributed by atoms with Crippen LogP contribution in [0.3, 0.4) is 0 Å². The minimum atomic E-state index is -0.244. The van der Waals surface area contributed by atoms with Crippen molar-refractivity contribution >= 4 is 22.8 Å². The fourth-order valence-electron chi connectivity index (χ4n) is 4.72. The van der Waals surface area contributed by atoms with E-state index in [9.17, 15) is 4.79 Å². The lowest BCUT2D eigenvalue weighted by Gasteiger charge is -2.21. The summed E-state index contributed by atoms with van der Waals surface area (Å²) in [4.78, 5) is 24.8. The molecule has 5 rings (SSSR count). The van der Waals surface area contributed by atoms with Gasteiger partial charge in [0.25, 0.3) is 0 Å². The second kappa shape index (κ2) is 10.6. The molecule has 0 spiro atoms. The van der Waals surface area contributed by atoms with Gasteiger partial charge in [0.15, 0.2) is 5.65 Å². The number of ether oxygens (including phenoxy) is 1. The number of pyridine rings is 2. The Morgan fingerprint density at radius 3 is 2.57 bits per heavy atom. The number of aromatic nitrogens is 2. The Hall–Kier alpha value is -3.81. The highest BCUT2D eigenvalue weighted by Gasteiger charge is 2.34. The largest absolute Gasteiger partial charge is 0.383 e. The molecule has 1 aliphatic rings. The van der Waals surface area contributed by atoms with E-state index in [1.54, 1.807) is 13.3 Å². The molecule has 1 saturated heterocycles. The zero-order valence-corrected chi connectivity index (χ0v) is 19.7. The Labute approximate surface area is 205 Å². The van der Waals surface area contributed by atoms with Crippen LogP contribution in [0.2, 0.25) is 0 Å². The lowest BCUT2D eigenvalue weighted by molar-refractivity contribution is 0.159. The Balaban J connectivity index is 1.39. The fraction of sp³-hybridized carbons (Fsp3) is 0.250. The third kappa shape index (κ3) is 5.31. The molecule has 2 aromatic heterocycles. The first-order valence-corrected chi connectivity index (χ1v) is 11.9. The fourth-order valence-corrected chi connectivity index (χ4v) is 4.72. The average Bonchev–Trinajstić information content (AvgIpc) is 3.30. The lowest BCUT2D eigenvalue weighted by Crippen LogP contribution is -2.42. The summed E-state index contributed by atoms with van der Waals surface area (Å²) in [5.74, 6) is 0.200. The number of urea groups is 1. The van der Waals surface area contributed by atoms with E-state index >= 15 is 0 Å². The summed E-state index contributed by atoms with van der Waals surface area (Å²) >= 11 is 0. The predicted molar refractivity (Wildman–Crippen MR) is 138 cm³/mol. The van der Waals surface area contributed by atoms with Crippen molar-refractivity contribution in [1.29, 1.82) is 0 Å². The topological polar surface area (TPSA) is 79.4 Å². The molecule has 0 bridgehead atoms. The zero-order chi connectivity index (χ0) is 24.0. The van der Waals surface area contributed by atoms with Crippen LogP contribution in [0, 0.1) is 0 Å². The quantitative estimate of drug-likeness (QED) is 0.417. The zero-order valence-electron chi connectivity index (χ0n) is 19.7. The van der Waals surface area contributed by atoms with Gasteiger partial charge in [-0.3, -0.25) is 4.90 Å². The second-order valence-corrected chi connectivity index (χ2v) is 8.78. The van der Waals surface area contributed by atoms with Crippen molar-refractivity contribution in [2.75, 3.05) is 38.7 Å². The highest BCUT2D eigenvalue weighted by molar-refractivity contribution is 5.97. The van der Waals surface area contributed by atoms with Gasteiger partial charge >= 0.3 is 6.03 Å². The van der Waals surface area contributed by atoms with Gasteiger partial charge in [0.2, 0.25) is 0 Å². The Bertz CT molecular complexity index is 1280. The molecule has 7 nitrogen and oxygen atoms in total. The maximum atomic E-state index is 13.3. The van der Waals surface area contributed by atoms with Crippen LogP contribution in [0.15, 0.2) is 85.1 Å². The van der Waals surface area contributed by atoms with E-state index in [0.717, 1.165) is 30.6 Å². The van der Waals surface area contributed by atoms with Gasteiger partial charge < -0.3 is 15.4 Å². The second-order valence-electron chi connectivity index (χ2n) is 8.78. The van der Waals surface area contributed by atoms with Crippen molar-refractivity contribution in [3.8, 4) is 11.3 Å². The van der Waals surface area contributed by atoms with Crippen molar-refractivity contribution < 1.29 is 9.53 Å². The molecule has 3 heterocycles. The molecule has 35 heavy (non-hydrogen) atoms. The maximum Gasteiger partial charge on any atom is 0.319 e. The standard InChI is InChI=1S/C28H29N5O2/c1-35-16-15-33-18-23(20-9-4-2-5-10-20)25(19-33)31-28(34)30-24-17-22-13-8-14-29-27(22)32-26(24)21-11-6-3-7-12-21/h2-14,17,23,25H,15-16,18-19H2,1H3,(H2,30,31,34)/t23-,25+/m0/s1. The smallest absolute Gasteiger partial charge is 0.319 e. The molecule has 178 valence electrons. The third-order valence-electron chi connectivity index (χ3n) is 6.44. The number of fused-ring (bicyclic) bond motifs is 1. The van der Waals surface area contributed by atoms with Crippen LogP contribution < -0.4 is 10.6 Å². The molecular weight excluding hydrogens is 438 g/mol. The molecule has 0 radical (unpaired) electrons. The van der Waals surface area contributed by atoms with Crippen molar-refractivity contribution in [2.24, 2.45) is 0 Å². The Morgan fingerprint density at radius 1 is 1.03 bits per heavy atom. The van der Waals surface area contributed by atoms with Crippen LogP contribution in [-0.4, -0.2) is 60.3 Å². The first-order chi connectivity index (χ1) is 17.2. The summed E-state index contributed by atoms with van der Waals surface area (Å²) < 4.78 is 5.28. The Kier molecular flexibility index (Phi) is 6.97. The average molecular weight is 468 g/mol. The van der Waals surface area contributed by atoms with Crippen LogP contribution in [0.5, 0.6) is 0 Å². The van der Waals surface area contributed by atoms with Crippen LogP contribution in [0.25, 0.3) is 22.3 Å². The number of rotatable bonds is 7. The predicted octanol–water partition coefficient (Wildman–Crippen LogP) is 4.53. The van der Waals surface area contributed by atoms with Crippen molar-refractivity contribution in [1.82, 2.24) is 20.2 Å². The third-order valence-corrected chi connectivity index (χ3v) is 6.44. The number of methoxy groups -OCH3 is 1. The van der Waals surface area contributed by atoms with Crippen molar-refractivity contribution in [3.63, 3.8) is 0 Å². The summed E-state index contributed by atoms with van der Waals surface area (Å²) in [7, 11) is 1.71. The maximum absolute atomic E-state index is 13.3. The summed E-state index contributed by atoms with van der Waals surface area (Å²) in [6, 6.07) is 25.7. The van der Waals surface area contributed by atoms with Gasteiger partial charge in [-0.2, -0.15) is 0 Å². The van der Waals surface area contributed by atoms with Gasteiger partial charge in [0.05, 0.1) is 24.0 Å². The molecule has 7 heteroatoms. The number of carbonyl (C=O) groups excluding carboxylic acids is 1. The van der Waals surface area contributed by atoms with Gasteiger partial charge in [0.1, 0.15) is 0 Å². The molecule has 2 atom stereocenters. The van der Waals surface area contributed by atoms with E-state index in [-0.39, 0.29) is 18.0 Å². The number of hydrogen-bond acceptors (Lipinski definition) is 5. The van der Waals surface area contributed by atoms with Gasteiger partial charge in [-0.25, -0.2) is 14.8 Å². The molecule has 2 amide bonds. The van der Waals surface area contributed by atoms with Crippen LogP contribution in [0.4, 0.5) is 10.5 Å². The lowest BCUT2D eigenvalue weighted by atomic mass is 9.94. The molecule has 2 aromatic carbocycles. The van der Waals surface area contributed by atoms with Crippen LogP contribution >= 0.6 is 0 Å². The van der Waals surface area contributed by atoms with Gasteiger partial charge in [-0.05, 0) is 23.8 Å². The van der Waals surface area contributed by atoms with E-state index in [0.29, 0.717) is 23.6 Å². The summed E-state index contributed by atoms with van der Waals surface area (Å²) in [6.45, 7) is 3.13. The van der Waals surface area contributed by atoms with Crippen LogP contribution in [0.1, 0.15) is 11.5 Å². The molecule has 2 N–H and O–H groups in total. The Morgan fingerprint density at radius 2 is 1.80 bits per heavy atom. The van der Waals surface area contributed by atoms with Crippen LogP contribution in [-0.2, 0) is 4.74 Å². The molecule has 0 unspecified atom stereocenters. The van der Waals surface area contributed by atoms with Gasteiger partial charge in [-0.15, -0.1) is 0 Å². The molecule has 1 fully saturated rings. The van der Waals surface area contributed by atoms with Crippen molar-refractivity contribution in [3.05, 3.63) is 90.6 Å². The number of hydrogen-bond donors (Lipinski definition) is 2. The minimum absolute atomic E-state index is 0.0236. The number of anilines is 1. The first-order valence-electron chi connectivity index (χ1n) is 11.9. The van der Waals surface area contributed by atoms with Crippen molar-refractivity contribution in [2.45, 2.75) is 12.0 Å². The minimum Gasteiger partial charge on any atom is -0.383 e. The summed E-state index contributed by atoms with van der Waals surface area (Å²) in [5, 5.41) is 7.18. The normalized spacial score (nSPS) is 18.0. The van der Waals surface area contributed by atoms with E-state index < -0.39 is 0 Å². The summed E-state index contributed by atoms with van der Waals surface area (Å²) in [6.07, 6.45) is 1.73. The molecule has 1 aliphatic heterocycles. The first kappa shape index (κ1) is 23.0. The summed E-state index contributed by atoms with van der Waals surface area (Å²) in [5.41, 5.74) is 4.13. The van der Waals surface area contributed by atoms with E-state index in [2.05, 4.69) is 32.7 Å². The number of carbonyl (C=O) groups is 1. The van der Waals surface area contributed by atoms with E-state index in [1.165, 1.54) is 5.56 Å². The number of likely N-dealkylation sites (tertiary alicyclic amines) is 1. The van der Waals surface area contributed by atoms with Gasteiger partial charge in [0, 0.05) is 49.8 Å². The van der Waals surface area contributed by atoms with Gasteiger partial charge in [-0.1, -0.05) is 60.7 Å². The number of nitrogens with one attached hydrogen (secondary N) is 2. The molecule has 0 aliphatic carbocycles. The highest BCUT2D eigenvalue weighted by Crippen LogP contribution is 2.30. The highest BCUT2D eigenvalue weighted by atomic mass is 16.5. The SMILES string of the molecule is COCCN1C[C@@H](NC(=O)Nc2cc3cccnc3nc2-c2ccccc2)[C@H](c2ccccc2)C1. The number of nitrogens with zero attached hydrogens (tertiary/aromatic N) is 3. The number of amides is 2. The van der Waals surface area contributed by atoms with E-state index in [1.807, 2.05) is 66.7 Å². The number of benzene rings is 2.